The molecule has 0 aliphatic rings. The maximum Gasteiger partial charge on any atom is 0.0621 e. The summed E-state index contributed by atoms with van der Waals surface area (Å²) in [6.07, 6.45) is 5.08. The molecule has 16 heavy (non-hydrogen) atoms. The molecule has 82 valence electrons. The van der Waals surface area contributed by atoms with Crippen molar-refractivity contribution in [3.63, 3.8) is 0 Å². The van der Waals surface area contributed by atoms with Crippen LogP contribution in [0.3, 0.4) is 0 Å². The summed E-state index contributed by atoms with van der Waals surface area (Å²) in [6, 6.07) is 12.8. The standard InChI is InChI=1S/C14H16N2/c15-11-3-1-5-13-7-9-14(10-8-13)6-2-4-12-16/h7-10H,1-6H2. The number of benzene rings is 1. The summed E-state index contributed by atoms with van der Waals surface area (Å²) in [5.41, 5.74) is 2.58. The predicted octanol–water partition coefficient (Wildman–Crippen LogP) is 3.38. The highest BCUT2D eigenvalue weighted by atomic mass is 14.2. The van der Waals surface area contributed by atoms with Gasteiger partial charge >= 0.3 is 0 Å². The van der Waals surface area contributed by atoms with E-state index in [1.54, 1.807) is 0 Å². The monoisotopic (exact) mass is 212 g/mol. The van der Waals surface area contributed by atoms with Gasteiger partial charge in [-0.05, 0) is 36.8 Å². The molecule has 0 N–H and O–H groups in total. The highest BCUT2D eigenvalue weighted by Crippen LogP contribution is 2.10. The number of aryl methyl sites for hydroxylation is 2. The third-order valence-corrected chi connectivity index (χ3v) is 2.53. The van der Waals surface area contributed by atoms with Gasteiger partial charge in [-0.2, -0.15) is 10.5 Å². The minimum atomic E-state index is 0.629. The molecule has 0 heterocycles. The third-order valence-electron chi connectivity index (χ3n) is 2.53. The van der Waals surface area contributed by atoms with Crippen molar-refractivity contribution < 1.29 is 0 Å². The van der Waals surface area contributed by atoms with Gasteiger partial charge in [-0.1, -0.05) is 24.3 Å². The molecule has 1 aromatic rings. The molecule has 2 nitrogen and oxygen atoms in total. The van der Waals surface area contributed by atoms with E-state index in [1.165, 1.54) is 11.1 Å². The van der Waals surface area contributed by atoms with E-state index in [2.05, 4.69) is 36.4 Å². The number of unbranched alkanes of at least 4 members (excludes halogenated alkanes) is 2. The molecule has 0 aliphatic carbocycles. The molecule has 0 aliphatic heterocycles. The SMILES string of the molecule is N#CCCCc1ccc(CCCC#N)cc1. The molecule has 0 fully saturated rings. The summed E-state index contributed by atoms with van der Waals surface area (Å²) in [5, 5.41) is 16.9. The first-order valence-corrected chi connectivity index (χ1v) is 5.68. The van der Waals surface area contributed by atoms with E-state index in [9.17, 15) is 0 Å². The smallest absolute Gasteiger partial charge is 0.0621 e. The van der Waals surface area contributed by atoms with E-state index in [0.717, 1.165) is 25.7 Å². The summed E-state index contributed by atoms with van der Waals surface area (Å²) in [5.74, 6) is 0. The lowest BCUT2D eigenvalue weighted by Crippen LogP contribution is -1.88. The van der Waals surface area contributed by atoms with Gasteiger partial charge < -0.3 is 0 Å². The van der Waals surface area contributed by atoms with Crippen LogP contribution in [0.25, 0.3) is 0 Å². The van der Waals surface area contributed by atoms with Crippen molar-refractivity contribution in [2.24, 2.45) is 0 Å². The third kappa shape index (κ3) is 4.62. The van der Waals surface area contributed by atoms with Crippen LogP contribution in [0.5, 0.6) is 0 Å². The van der Waals surface area contributed by atoms with Crippen LogP contribution in [-0.2, 0) is 12.8 Å². The second-order valence-corrected chi connectivity index (χ2v) is 3.84. The second-order valence-electron chi connectivity index (χ2n) is 3.84. The first-order chi connectivity index (χ1) is 7.86. The maximum atomic E-state index is 8.43. The average Bonchev–Trinajstić information content (AvgIpc) is 2.32. The molecule has 0 amide bonds. The average molecular weight is 212 g/mol. The van der Waals surface area contributed by atoms with Gasteiger partial charge in [0.05, 0.1) is 12.1 Å². The second kappa shape index (κ2) is 7.49. The van der Waals surface area contributed by atoms with Gasteiger partial charge in [0.15, 0.2) is 0 Å². The fourth-order valence-corrected chi connectivity index (χ4v) is 1.62. The lowest BCUT2D eigenvalue weighted by Gasteiger charge is -2.02. The van der Waals surface area contributed by atoms with Crippen LogP contribution in [-0.4, -0.2) is 0 Å². The van der Waals surface area contributed by atoms with Crippen LogP contribution in [0, 0.1) is 22.7 Å². The largest absolute Gasteiger partial charge is 0.198 e. The molecular formula is C14H16N2. The van der Waals surface area contributed by atoms with Crippen LogP contribution in [0.2, 0.25) is 0 Å². The molecule has 0 aromatic heterocycles. The molecule has 1 rings (SSSR count). The fraction of sp³-hybridized carbons (Fsp3) is 0.429. The lowest BCUT2D eigenvalue weighted by atomic mass is 10.0. The quantitative estimate of drug-likeness (QED) is 0.679. The molecule has 0 bridgehead atoms. The summed E-state index contributed by atoms with van der Waals surface area (Å²) in [6.45, 7) is 0. The van der Waals surface area contributed by atoms with Gasteiger partial charge in [-0.15, -0.1) is 0 Å². The number of hydrogen-bond donors (Lipinski definition) is 0. The van der Waals surface area contributed by atoms with Crippen LogP contribution in [0.1, 0.15) is 36.8 Å². The Bertz CT molecular complexity index is 340. The number of nitriles is 2. The molecule has 0 radical (unpaired) electrons. The molecule has 0 saturated carbocycles. The van der Waals surface area contributed by atoms with Crippen molar-refractivity contribution in [2.75, 3.05) is 0 Å². The molecule has 0 spiro atoms. The minimum absolute atomic E-state index is 0.629. The van der Waals surface area contributed by atoms with E-state index >= 15 is 0 Å². The zero-order chi connectivity index (χ0) is 11.6. The molecule has 0 saturated heterocycles. The van der Waals surface area contributed by atoms with Gasteiger partial charge in [0.25, 0.3) is 0 Å². The van der Waals surface area contributed by atoms with Crippen molar-refractivity contribution in [3.05, 3.63) is 35.4 Å². The Hall–Kier alpha value is -1.80. The molecular weight excluding hydrogens is 196 g/mol. The van der Waals surface area contributed by atoms with E-state index in [-0.39, 0.29) is 0 Å². The summed E-state index contributed by atoms with van der Waals surface area (Å²) >= 11 is 0. The van der Waals surface area contributed by atoms with Crippen molar-refractivity contribution in [1.82, 2.24) is 0 Å². The van der Waals surface area contributed by atoms with Crippen LogP contribution >= 0.6 is 0 Å². The van der Waals surface area contributed by atoms with E-state index < -0.39 is 0 Å². The van der Waals surface area contributed by atoms with Gasteiger partial charge in [0, 0.05) is 12.8 Å². The van der Waals surface area contributed by atoms with Gasteiger partial charge in [-0.25, -0.2) is 0 Å². The van der Waals surface area contributed by atoms with Gasteiger partial charge in [0.1, 0.15) is 0 Å². The fourth-order valence-electron chi connectivity index (χ4n) is 1.62. The topological polar surface area (TPSA) is 47.6 Å². The highest BCUT2D eigenvalue weighted by Gasteiger charge is 1.95. The Labute approximate surface area is 97.1 Å². The summed E-state index contributed by atoms with van der Waals surface area (Å²) in [4.78, 5) is 0. The Morgan fingerprint density at radius 3 is 1.44 bits per heavy atom. The zero-order valence-corrected chi connectivity index (χ0v) is 9.45. The summed E-state index contributed by atoms with van der Waals surface area (Å²) < 4.78 is 0. The first kappa shape index (κ1) is 12.3. The first-order valence-electron chi connectivity index (χ1n) is 5.68. The van der Waals surface area contributed by atoms with Crippen LogP contribution in [0.15, 0.2) is 24.3 Å². The predicted molar refractivity (Wildman–Crippen MR) is 63.5 cm³/mol. The van der Waals surface area contributed by atoms with Crippen molar-refractivity contribution in [1.29, 1.82) is 10.5 Å². The molecule has 0 atom stereocenters. The van der Waals surface area contributed by atoms with E-state index in [0.29, 0.717) is 12.8 Å². The van der Waals surface area contributed by atoms with E-state index in [4.69, 9.17) is 10.5 Å². The summed E-state index contributed by atoms with van der Waals surface area (Å²) in [7, 11) is 0. The van der Waals surface area contributed by atoms with E-state index in [1.807, 2.05) is 0 Å². The Morgan fingerprint density at radius 2 is 1.12 bits per heavy atom. The van der Waals surface area contributed by atoms with Crippen molar-refractivity contribution >= 4 is 0 Å². The highest BCUT2D eigenvalue weighted by molar-refractivity contribution is 5.22. The van der Waals surface area contributed by atoms with Gasteiger partial charge in [0.2, 0.25) is 0 Å². The van der Waals surface area contributed by atoms with Crippen LogP contribution < -0.4 is 0 Å². The Kier molecular flexibility index (Phi) is 5.74. The Balaban J connectivity index is 2.36. The van der Waals surface area contributed by atoms with Crippen LogP contribution in [0.4, 0.5) is 0 Å². The molecule has 1 aromatic carbocycles. The zero-order valence-electron chi connectivity index (χ0n) is 9.45. The Morgan fingerprint density at radius 1 is 0.750 bits per heavy atom. The van der Waals surface area contributed by atoms with Crippen molar-refractivity contribution in [2.45, 2.75) is 38.5 Å². The maximum absolute atomic E-state index is 8.43. The number of nitrogens with zero attached hydrogens (tertiary/aromatic N) is 2. The van der Waals surface area contributed by atoms with Crippen molar-refractivity contribution in [3.8, 4) is 12.1 Å². The normalized spacial score (nSPS) is 9.38. The lowest BCUT2D eigenvalue weighted by molar-refractivity contribution is 0.838. The van der Waals surface area contributed by atoms with Gasteiger partial charge in [-0.3, -0.25) is 0 Å². The minimum Gasteiger partial charge on any atom is -0.198 e. The molecule has 2 heteroatoms. The number of rotatable bonds is 6. The molecule has 0 unspecified atom stereocenters. The number of hydrogen-bond acceptors (Lipinski definition) is 2.